The highest BCUT2D eigenvalue weighted by atomic mass is 16.6. The summed E-state index contributed by atoms with van der Waals surface area (Å²) in [5.41, 5.74) is -2.38. The van der Waals surface area contributed by atoms with E-state index in [1.807, 2.05) is 58.0 Å². The van der Waals surface area contributed by atoms with Gasteiger partial charge in [0.2, 0.25) is 5.78 Å². The first kappa shape index (κ1) is 19.6. The number of hydrogen-bond acceptors (Lipinski definition) is 5. The second-order valence-electron chi connectivity index (χ2n) is 7.99. The second-order valence-corrected chi connectivity index (χ2v) is 7.99. The van der Waals surface area contributed by atoms with Gasteiger partial charge in [-0.2, -0.15) is 0 Å². The lowest BCUT2D eigenvalue weighted by Crippen LogP contribution is -2.58. The van der Waals surface area contributed by atoms with Crippen molar-refractivity contribution in [3.63, 3.8) is 0 Å². The molecule has 3 atom stereocenters. The van der Waals surface area contributed by atoms with Crippen LogP contribution >= 0.6 is 0 Å². The summed E-state index contributed by atoms with van der Waals surface area (Å²) in [6, 6.07) is 9.51. The van der Waals surface area contributed by atoms with Crippen LogP contribution in [-0.4, -0.2) is 40.3 Å². The maximum absolute atomic E-state index is 12.9. The van der Waals surface area contributed by atoms with Gasteiger partial charge in [-0.05, 0) is 25.3 Å². The van der Waals surface area contributed by atoms with Crippen LogP contribution in [0.1, 0.15) is 39.7 Å². The number of aliphatic hydroxyl groups excluding tert-OH is 1. The molecule has 146 valence electrons. The molecule has 3 rings (SSSR count). The average molecular weight is 373 g/mol. The number of allylic oxidation sites excluding steroid dienone is 1. The van der Waals surface area contributed by atoms with Crippen molar-refractivity contribution in [2.75, 3.05) is 0 Å². The van der Waals surface area contributed by atoms with Crippen molar-refractivity contribution in [3.8, 4) is 0 Å². The summed E-state index contributed by atoms with van der Waals surface area (Å²) in [5, 5.41) is 13.9. The predicted molar refractivity (Wildman–Crippen MR) is 99.6 cm³/mol. The number of amides is 1. The number of nitrogens with one attached hydrogen (secondary N) is 1. The highest BCUT2D eigenvalue weighted by molar-refractivity contribution is 6.18. The largest absolute Gasteiger partial charge is 0.470 e. The Bertz CT molecular complexity index is 745. The van der Waals surface area contributed by atoms with Gasteiger partial charge in [0.1, 0.15) is 5.76 Å². The van der Waals surface area contributed by atoms with E-state index in [4.69, 9.17) is 9.47 Å². The van der Waals surface area contributed by atoms with Crippen LogP contribution in [0.3, 0.4) is 0 Å². The van der Waals surface area contributed by atoms with Crippen molar-refractivity contribution in [2.45, 2.75) is 64.1 Å². The minimum atomic E-state index is -1.98. The van der Waals surface area contributed by atoms with Gasteiger partial charge in [0.25, 0.3) is 11.5 Å². The van der Waals surface area contributed by atoms with Crippen LogP contribution < -0.4 is 5.32 Å². The van der Waals surface area contributed by atoms with E-state index in [0.717, 1.165) is 5.56 Å². The minimum Gasteiger partial charge on any atom is -0.470 e. The molecule has 1 spiro atoms. The Labute approximate surface area is 159 Å². The van der Waals surface area contributed by atoms with E-state index < -0.39 is 29.1 Å². The maximum atomic E-state index is 12.9. The standard InChI is InChI=1S/C21H27NO5/c1-13(2)12-20(26-14(3)4)18(24)21(19(25)22-20)17(23)11-16(27-21)10-15-8-6-5-7-9-15/h5-9,11,13-14,18,24H,10,12H2,1-4H3,(H,22,25)/t18-,20-,21+/m0/s1. The van der Waals surface area contributed by atoms with Crippen molar-refractivity contribution in [1.29, 1.82) is 0 Å². The molecule has 1 fully saturated rings. The number of aliphatic hydroxyl groups is 1. The summed E-state index contributed by atoms with van der Waals surface area (Å²) in [7, 11) is 0. The molecule has 2 N–H and O–H groups in total. The Balaban J connectivity index is 1.89. The van der Waals surface area contributed by atoms with Gasteiger partial charge in [0.15, 0.2) is 11.8 Å². The summed E-state index contributed by atoms with van der Waals surface area (Å²) < 4.78 is 11.8. The Morgan fingerprint density at radius 1 is 1.19 bits per heavy atom. The van der Waals surface area contributed by atoms with Crippen LogP contribution in [0.4, 0.5) is 0 Å². The molecular weight excluding hydrogens is 346 g/mol. The van der Waals surface area contributed by atoms with Crippen molar-refractivity contribution in [2.24, 2.45) is 5.92 Å². The summed E-state index contributed by atoms with van der Waals surface area (Å²) >= 11 is 0. The van der Waals surface area contributed by atoms with Crippen LogP contribution in [0, 0.1) is 5.92 Å². The third kappa shape index (κ3) is 3.39. The van der Waals surface area contributed by atoms with Crippen LogP contribution in [0.2, 0.25) is 0 Å². The number of ether oxygens (including phenoxy) is 2. The van der Waals surface area contributed by atoms with Crippen molar-refractivity contribution in [3.05, 3.63) is 47.7 Å². The fourth-order valence-electron chi connectivity index (χ4n) is 3.91. The van der Waals surface area contributed by atoms with Gasteiger partial charge < -0.3 is 19.9 Å². The molecule has 1 aromatic rings. The summed E-state index contributed by atoms with van der Waals surface area (Å²) in [6.45, 7) is 7.57. The van der Waals surface area contributed by atoms with E-state index in [1.165, 1.54) is 6.08 Å². The Kier molecular flexibility index (Phi) is 5.14. The first-order valence-corrected chi connectivity index (χ1v) is 9.36. The molecule has 1 aromatic carbocycles. The summed E-state index contributed by atoms with van der Waals surface area (Å²) in [5.74, 6) is -0.704. The van der Waals surface area contributed by atoms with E-state index in [0.29, 0.717) is 18.6 Å². The Morgan fingerprint density at radius 3 is 2.44 bits per heavy atom. The van der Waals surface area contributed by atoms with Gasteiger partial charge in [-0.3, -0.25) is 9.59 Å². The average Bonchev–Trinajstić information content (AvgIpc) is 2.99. The zero-order valence-electron chi connectivity index (χ0n) is 16.2. The molecule has 2 heterocycles. The van der Waals surface area contributed by atoms with Crippen molar-refractivity contribution in [1.82, 2.24) is 5.32 Å². The van der Waals surface area contributed by atoms with Gasteiger partial charge in [-0.1, -0.05) is 44.2 Å². The van der Waals surface area contributed by atoms with Gasteiger partial charge in [-0.25, -0.2) is 0 Å². The first-order valence-electron chi connectivity index (χ1n) is 9.36. The van der Waals surface area contributed by atoms with Crippen molar-refractivity contribution >= 4 is 11.7 Å². The molecule has 0 bridgehead atoms. The highest BCUT2D eigenvalue weighted by Crippen LogP contribution is 2.43. The van der Waals surface area contributed by atoms with Crippen LogP contribution in [0.15, 0.2) is 42.2 Å². The zero-order valence-corrected chi connectivity index (χ0v) is 16.2. The van der Waals surface area contributed by atoms with Crippen LogP contribution in [0.5, 0.6) is 0 Å². The third-order valence-corrected chi connectivity index (χ3v) is 4.82. The molecule has 0 radical (unpaired) electrons. The zero-order chi connectivity index (χ0) is 19.8. The molecule has 2 aliphatic heterocycles. The Hall–Kier alpha value is -2.18. The minimum absolute atomic E-state index is 0.127. The number of ketones is 1. The number of carbonyl (C=O) groups is 2. The maximum Gasteiger partial charge on any atom is 0.277 e. The first-order chi connectivity index (χ1) is 12.7. The van der Waals surface area contributed by atoms with E-state index in [1.54, 1.807) is 0 Å². The monoisotopic (exact) mass is 373 g/mol. The lowest BCUT2D eigenvalue weighted by Gasteiger charge is -2.37. The van der Waals surface area contributed by atoms with E-state index in [9.17, 15) is 14.7 Å². The fraction of sp³-hybridized carbons (Fsp3) is 0.524. The second kappa shape index (κ2) is 7.09. The quantitative estimate of drug-likeness (QED) is 0.746. The van der Waals surface area contributed by atoms with Crippen LogP contribution in [0.25, 0.3) is 0 Å². The molecule has 0 unspecified atom stereocenters. The molecule has 6 heteroatoms. The number of hydrogen-bond donors (Lipinski definition) is 2. The molecule has 27 heavy (non-hydrogen) atoms. The number of carbonyl (C=O) groups excluding carboxylic acids is 2. The summed E-state index contributed by atoms with van der Waals surface area (Å²) in [4.78, 5) is 25.7. The molecule has 6 nitrogen and oxygen atoms in total. The summed E-state index contributed by atoms with van der Waals surface area (Å²) in [6.07, 6.45) is 0.360. The lowest BCUT2D eigenvalue weighted by molar-refractivity contribution is -0.188. The van der Waals surface area contributed by atoms with Gasteiger partial charge in [0.05, 0.1) is 6.10 Å². The Morgan fingerprint density at radius 2 is 1.85 bits per heavy atom. The smallest absolute Gasteiger partial charge is 0.277 e. The fourth-order valence-corrected chi connectivity index (χ4v) is 3.91. The van der Waals surface area contributed by atoms with Gasteiger partial charge in [0, 0.05) is 18.9 Å². The molecule has 0 aliphatic carbocycles. The molecule has 0 saturated carbocycles. The topological polar surface area (TPSA) is 84.9 Å². The molecular formula is C21H27NO5. The highest BCUT2D eigenvalue weighted by Gasteiger charge is 2.70. The number of benzene rings is 1. The van der Waals surface area contributed by atoms with Crippen molar-refractivity contribution < 1.29 is 24.2 Å². The predicted octanol–water partition coefficient (Wildman–Crippen LogP) is 2.11. The molecule has 0 aromatic heterocycles. The molecule has 1 saturated heterocycles. The van der Waals surface area contributed by atoms with E-state index in [2.05, 4.69) is 5.32 Å². The van der Waals surface area contributed by atoms with E-state index >= 15 is 0 Å². The molecule has 2 aliphatic rings. The molecule has 1 amide bonds. The number of rotatable bonds is 6. The van der Waals surface area contributed by atoms with Crippen LogP contribution in [-0.2, 0) is 25.5 Å². The normalized spacial score (nSPS) is 30.2. The van der Waals surface area contributed by atoms with Gasteiger partial charge in [-0.15, -0.1) is 0 Å². The van der Waals surface area contributed by atoms with Gasteiger partial charge >= 0.3 is 0 Å². The third-order valence-electron chi connectivity index (χ3n) is 4.82. The van der Waals surface area contributed by atoms with E-state index in [-0.39, 0.29) is 12.0 Å². The SMILES string of the molecule is CC(C)C[C@@]1(OC(C)C)NC(=O)[C@]2(OC(Cc3ccccc3)=CC2=O)[C@H]1O. The lowest BCUT2D eigenvalue weighted by atomic mass is 9.86.